The molecular weight excluding hydrogens is 252 g/mol. The molecule has 1 aliphatic rings. The molecule has 0 bridgehead atoms. The van der Waals surface area contributed by atoms with Crippen LogP contribution in [0.25, 0.3) is 0 Å². The zero-order chi connectivity index (χ0) is 13.8. The van der Waals surface area contributed by atoms with Crippen molar-refractivity contribution in [3.05, 3.63) is 47.8 Å². The molecule has 1 unspecified atom stereocenters. The van der Waals surface area contributed by atoms with Gasteiger partial charge in [0.25, 0.3) is 0 Å². The first-order valence-electron chi connectivity index (χ1n) is 7.15. The molecule has 0 saturated heterocycles. The monoisotopic (exact) mass is 272 g/mol. The Balaban J connectivity index is 1.62. The van der Waals surface area contributed by atoms with E-state index in [1.807, 2.05) is 12.3 Å². The van der Waals surface area contributed by atoms with Gasteiger partial charge in [-0.1, -0.05) is 35.5 Å². The molecule has 106 valence electrons. The average Bonchev–Trinajstić information content (AvgIpc) is 3.21. The summed E-state index contributed by atoms with van der Waals surface area (Å²) in [5, 5.41) is 20.6. The normalized spacial score (nSPS) is 16.2. The minimum Gasteiger partial charge on any atom is -0.394 e. The standard InChI is InChI=1S/C15H20N4O/c20-9-8-19-11-14(17-18-19)10-16-15(13-6-7-13)12-4-2-1-3-5-12/h1-5,11,13,15-16,20H,6-10H2. The highest BCUT2D eigenvalue weighted by Gasteiger charge is 2.31. The van der Waals surface area contributed by atoms with Gasteiger partial charge in [0.05, 0.1) is 18.8 Å². The van der Waals surface area contributed by atoms with Gasteiger partial charge in [0, 0.05) is 18.8 Å². The molecule has 0 aliphatic heterocycles. The fourth-order valence-electron chi connectivity index (χ4n) is 2.49. The molecule has 2 N–H and O–H groups in total. The van der Waals surface area contributed by atoms with Gasteiger partial charge in [0.1, 0.15) is 0 Å². The molecule has 5 heteroatoms. The highest BCUT2D eigenvalue weighted by atomic mass is 16.3. The summed E-state index contributed by atoms with van der Waals surface area (Å²) < 4.78 is 1.67. The summed E-state index contributed by atoms with van der Waals surface area (Å²) in [6, 6.07) is 11.0. The molecule has 0 spiro atoms. The molecule has 3 rings (SSSR count). The van der Waals surface area contributed by atoms with E-state index in [0.717, 1.165) is 11.6 Å². The second-order valence-electron chi connectivity index (χ2n) is 5.30. The summed E-state index contributed by atoms with van der Waals surface area (Å²) in [5.41, 5.74) is 2.26. The minimum absolute atomic E-state index is 0.0882. The van der Waals surface area contributed by atoms with Gasteiger partial charge in [-0.2, -0.15) is 0 Å². The fourth-order valence-corrected chi connectivity index (χ4v) is 2.49. The van der Waals surface area contributed by atoms with E-state index in [4.69, 9.17) is 5.11 Å². The third kappa shape index (κ3) is 3.23. The lowest BCUT2D eigenvalue weighted by atomic mass is 10.0. The number of hydrogen-bond donors (Lipinski definition) is 2. The first kappa shape index (κ1) is 13.3. The van der Waals surface area contributed by atoms with Crippen LogP contribution in [0.3, 0.4) is 0 Å². The average molecular weight is 272 g/mol. The zero-order valence-corrected chi connectivity index (χ0v) is 11.4. The molecule has 2 aromatic rings. The van der Waals surface area contributed by atoms with Crippen LogP contribution in [0.4, 0.5) is 0 Å². The fraction of sp³-hybridized carbons (Fsp3) is 0.467. The Morgan fingerprint density at radius 2 is 2.10 bits per heavy atom. The zero-order valence-electron chi connectivity index (χ0n) is 11.4. The van der Waals surface area contributed by atoms with Gasteiger partial charge >= 0.3 is 0 Å². The van der Waals surface area contributed by atoms with Crippen molar-refractivity contribution in [1.29, 1.82) is 0 Å². The highest BCUT2D eigenvalue weighted by Crippen LogP contribution is 2.40. The number of aliphatic hydroxyl groups excluding tert-OH is 1. The lowest BCUT2D eigenvalue weighted by Crippen LogP contribution is -2.22. The summed E-state index contributed by atoms with van der Waals surface area (Å²) in [6.45, 7) is 1.30. The molecule has 20 heavy (non-hydrogen) atoms. The summed E-state index contributed by atoms with van der Waals surface area (Å²) in [4.78, 5) is 0. The molecule has 1 aliphatic carbocycles. The number of aromatic nitrogens is 3. The molecule has 1 atom stereocenters. The van der Waals surface area contributed by atoms with Crippen molar-refractivity contribution < 1.29 is 5.11 Å². The van der Waals surface area contributed by atoms with Crippen LogP contribution in [-0.2, 0) is 13.1 Å². The number of hydrogen-bond acceptors (Lipinski definition) is 4. The first-order valence-corrected chi connectivity index (χ1v) is 7.15. The van der Waals surface area contributed by atoms with Crippen molar-refractivity contribution in [2.75, 3.05) is 6.61 Å². The highest BCUT2D eigenvalue weighted by molar-refractivity contribution is 5.21. The Morgan fingerprint density at radius 3 is 2.80 bits per heavy atom. The van der Waals surface area contributed by atoms with E-state index in [1.165, 1.54) is 18.4 Å². The number of benzene rings is 1. The summed E-state index contributed by atoms with van der Waals surface area (Å²) in [7, 11) is 0. The van der Waals surface area contributed by atoms with E-state index in [9.17, 15) is 0 Å². The summed E-state index contributed by atoms with van der Waals surface area (Å²) >= 11 is 0. The van der Waals surface area contributed by atoms with Crippen molar-refractivity contribution in [2.24, 2.45) is 5.92 Å². The van der Waals surface area contributed by atoms with Crippen LogP contribution in [0.2, 0.25) is 0 Å². The number of nitrogens with zero attached hydrogens (tertiary/aromatic N) is 3. The third-order valence-corrected chi connectivity index (χ3v) is 3.67. The number of rotatable bonds is 7. The quantitative estimate of drug-likeness (QED) is 0.802. The Hall–Kier alpha value is -1.72. The molecule has 1 fully saturated rings. The lowest BCUT2D eigenvalue weighted by molar-refractivity contribution is 0.268. The number of nitrogens with one attached hydrogen (secondary N) is 1. The van der Waals surface area contributed by atoms with Gasteiger partial charge < -0.3 is 10.4 Å². The van der Waals surface area contributed by atoms with E-state index in [2.05, 4.69) is 39.9 Å². The third-order valence-electron chi connectivity index (χ3n) is 3.67. The van der Waals surface area contributed by atoms with Crippen LogP contribution in [-0.4, -0.2) is 26.7 Å². The van der Waals surface area contributed by atoms with E-state index >= 15 is 0 Å². The van der Waals surface area contributed by atoms with Crippen molar-refractivity contribution in [3.63, 3.8) is 0 Å². The van der Waals surface area contributed by atoms with E-state index in [0.29, 0.717) is 19.1 Å². The van der Waals surface area contributed by atoms with Gasteiger partial charge in [0.15, 0.2) is 0 Å². The maximum atomic E-state index is 8.87. The lowest BCUT2D eigenvalue weighted by Gasteiger charge is -2.17. The first-order chi connectivity index (χ1) is 9.86. The Morgan fingerprint density at radius 1 is 1.30 bits per heavy atom. The Bertz CT molecular complexity index is 536. The predicted octanol–water partition coefficient (Wildman–Crippen LogP) is 1.51. The molecule has 1 aromatic heterocycles. The Kier molecular flexibility index (Phi) is 4.08. The van der Waals surface area contributed by atoms with Crippen molar-refractivity contribution in [2.45, 2.75) is 32.0 Å². The molecule has 0 amide bonds. The molecule has 0 radical (unpaired) electrons. The van der Waals surface area contributed by atoms with Gasteiger partial charge in [-0.3, -0.25) is 0 Å². The largest absolute Gasteiger partial charge is 0.394 e. The SMILES string of the molecule is OCCn1cc(CNC(c2ccccc2)C2CC2)nn1. The molecule has 5 nitrogen and oxygen atoms in total. The summed E-state index contributed by atoms with van der Waals surface area (Å²) in [6.07, 6.45) is 4.48. The van der Waals surface area contributed by atoms with Crippen molar-refractivity contribution >= 4 is 0 Å². The van der Waals surface area contributed by atoms with Crippen LogP contribution < -0.4 is 5.32 Å². The van der Waals surface area contributed by atoms with Crippen LogP contribution in [0.5, 0.6) is 0 Å². The van der Waals surface area contributed by atoms with Crippen LogP contribution in [0, 0.1) is 5.92 Å². The maximum absolute atomic E-state index is 8.87. The molecule has 1 heterocycles. The second kappa shape index (κ2) is 6.15. The van der Waals surface area contributed by atoms with Gasteiger partial charge in [-0.15, -0.1) is 5.10 Å². The van der Waals surface area contributed by atoms with Crippen molar-refractivity contribution in [1.82, 2.24) is 20.3 Å². The second-order valence-corrected chi connectivity index (χ2v) is 5.30. The van der Waals surface area contributed by atoms with Gasteiger partial charge in [-0.05, 0) is 24.3 Å². The molecule has 1 aromatic carbocycles. The maximum Gasteiger partial charge on any atom is 0.0965 e. The predicted molar refractivity (Wildman–Crippen MR) is 75.9 cm³/mol. The molecule has 1 saturated carbocycles. The smallest absolute Gasteiger partial charge is 0.0965 e. The van der Waals surface area contributed by atoms with E-state index in [-0.39, 0.29) is 6.61 Å². The van der Waals surface area contributed by atoms with Gasteiger partial charge in [-0.25, -0.2) is 4.68 Å². The minimum atomic E-state index is 0.0882. The number of aliphatic hydroxyl groups is 1. The Labute approximate surface area is 118 Å². The van der Waals surface area contributed by atoms with Crippen molar-refractivity contribution in [3.8, 4) is 0 Å². The van der Waals surface area contributed by atoms with Crippen LogP contribution in [0.1, 0.15) is 30.1 Å². The topological polar surface area (TPSA) is 63.0 Å². The van der Waals surface area contributed by atoms with Crippen LogP contribution >= 0.6 is 0 Å². The molecular formula is C15H20N4O. The van der Waals surface area contributed by atoms with E-state index < -0.39 is 0 Å². The van der Waals surface area contributed by atoms with Crippen LogP contribution in [0.15, 0.2) is 36.5 Å². The van der Waals surface area contributed by atoms with E-state index in [1.54, 1.807) is 4.68 Å². The van der Waals surface area contributed by atoms with Gasteiger partial charge in [0.2, 0.25) is 0 Å². The summed E-state index contributed by atoms with van der Waals surface area (Å²) in [5.74, 6) is 0.741.